The fourth-order valence-corrected chi connectivity index (χ4v) is 3.29. The lowest BCUT2D eigenvalue weighted by Gasteiger charge is -2.07. The van der Waals surface area contributed by atoms with Gasteiger partial charge in [-0.3, -0.25) is 10.1 Å². The van der Waals surface area contributed by atoms with E-state index >= 15 is 0 Å². The molecule has 4 aromatic rings. The van der Waals surface area contributed by atoms with E-state index in [1.54, 1.807) is 37.3 Å². The summed E-state index contributed by atoms with van der Waals surface area (Å²) in [6.45, 7) is 2.13. The van der Waals surface area contributed by atoms with Crippen molar-refractivity contribution >= 4 is 22.6 Å². The molecule has 0 bridgehead atoms. The molecule has 1 aromatic heterocycles. The highest BCUT2D eigenvalue weighted by molar-refractivity contribution is 6.09. The third-order valence-electron chi connectivity index (χ3n) is 4.70. The summed E-state index contributed by atoms with van der Waals surface area (Å²) in [5.74, 6) is 0.464. The van der Waals surface area contributed by atoms with E-state index in [0.29, 0.717) is 33.6 Å². The Morgan fingerprint density at radius 1 is 1.03 bits per heavy atom. The largest absolute Gasteiger partial charge is 0.489 e. The van der Waals surface area contributed by atoms with Crippen LogP contribution < -0.4 is 4.74 Å². The summed E-state index contributed by atoms with van der Waals surface area (Å²) in [6, 6.07) is 20.8. The van der Waals surface area contributed by atoms with E-state index in [2.05, 4.69) is 0 Å². The van der Waals surface area contributed by atoms with Gasteiger partial charge < -0.3 is 13.9 Å². The summed E-state index contributed by atoms with van der Waals surface area (Å²) in [4.78, 5) is 23.2. The molecule has 0 spiro atoms. The van der Waals surface area contributed by atoms with E-state index in [0.717, 1.165) is 5.56 Å². The van der Waals surface area contributed by atoms with E-state index in [1.807, 2.05) is 30.3 Å². The maximum Gasteiger partial charge on any atom is 0.342 e. The van der Waals surface area contributed by atoms with Crippen LogP contribution in [0.4, 0.5) is 5.69 Å². The number of furan rings is 1. The Morgan fingerprint density at radius 3 is 2.58 bits per heavy atom. The van der Waals surface area contributed by atoms with Gasteiger partial charge in [0.05, 0.1) is 11.5 Å². The number of carbonyl (C=O) groups is 1. The summed E-state index contributed by atoms with van der Waals surface area (Å²) in [5.41, 5.74) is 2.30. The van der Waals surface area contributed by atoms with Crippen LogP contribution in [-0.4, -0.2) is 17.5 Å². The molecule has 0 aliphatic heterocycles. The molecule has 4 rings (SSSR count). The minimum absolute atomic E-state index is 0.00323. The minimum Gasteiger partial charge on any atom is -0.489 e. The van der Waals surface area contributed by atoms with Crippen LogP contribution in [0.1, 0.15) is 22.8 Å². The summed E-state index contributed by atoms with van der Waals surface area (Å²) in [7, 11) is 0. The highest BCUT2D eigenvalue weighted by atomic mass is 16.6. The first-order valence-corrected chi connectivity index (χ1v) is 9.72. The number of nitrogens with zero attached hydrogens (tertiary/aromatic N) is 1. The normalized spacial score (nSPS) is 10.7. The van der Waals surface area contributed by atoms with Gasteiger partial charge in [-0.05, 0) is 30.7 Å². The maximum atomic E-state index is 12.7. The van der Waals surface area contributed by atoms with E-state index in [1.165, 1.54) is 12.1 Å². The molecule has 1 heterocycles. The second kappa shape index (κ2) is 8.71. The molecule has 0 fully saturated rings. The average Bonchev–Trinajstić information content (AvgIpc) is 3.17. The van der Waals surface area contributed by atoms with Crippen molar-refractivity contribution in [3.63, 3.8) is 0 Å². The Hall–Kier alpha value is -4.13. The Bertz CT molecular complexity index is 1250. The van der Waals surface area contributed by atoms with Gasteiger partial charge in [0.15, 0.2) is 0 Å². The number of ether oxygens (including phenoxy) is 2. The maximum absolute atomic E-state index is 12.7. The number of carbonyl (C=O) groups excluding carboxylic acids is 1. The highest BCUT2D eigenvalue weighted by Gasteiger charge is 2.23. The lowest BCUT2D eigenvalue weighted by molar-refractivity contribution is -0.384. The first-order chi connectivity index (χ1) is 15.1. The molecule has 0 unspecified atom stereocenters. The van der Waals surface area contributed by atoms with Gasteiger partial charge in [0.25, 0.3) is 5.69 Å². The fraction of sp³-hybridized carbons (Fsp3) is 0.125. The molecule has 3 aromatic carbocycles. The van der Waals surface area contributed by atoms with Crippen molar-refractivity contribution in [2.45, 2.75) is 13.5 Å². The third kappa shape index (κ3) is 4.25. The zero-order valence-corrected chi connectivity index (χ0v) is 16.7. The Labute approximate surface area is 178 Å². The lowest BCUT2D eigenvalue weighted by Crippen LogP contribution is -2.05. The number of benzene rings is 3. The Kier molecular flexibility index (Phi) is 5.66. The van der Waals surface area contributed by atoms with E-state index < -0.39 is 10.9 Å². The molecule has 0 amide bonds. The molecular formula is C24H19NO6. The molecule has 7 nitrogen and oxygen atoms in total. The fourth-order valence-electron chi connectivity index (χ4n) is 3.29. The number of rotatable bonds is 7. The highest BCUT2D eigenvalue weighted by Crippen LogP contribution is 2.36. The number of fused-ring (bicyclic) bond motifs is 1. The zero-order valence-electron chi connectivity index (χ0n) is 16.7. The first-order valence-electron chi connectivity index (χ1n) is 9.72. The van der Waals surface area contributed by atoms with Gasteiger partial charge >= 0.3 is 5.97 Å². The van der Waals surface area contributed by atoms with Gasteiger partial charge in [0, 0.05) is 23.1 Å². The Balaban J connectivity index is 1.69. The SMILES string of the molecule is CCOC(=O)c1c(-c2ccccc2)oc2ccc(OCc3cccc([N+](=O)[O-])c3)cc12. The molecule has 0 saturated heterocycles. The third-order valence-corrected chi connectivity index (χ3v) is 4.70. The number of hydrogen-bond donors (Lipinski definition) is 0. The van der Waals surface area contributed by atoms with Crippen LogP contribution in [0.25, 0.3) is 22.3 Å². The van der Waals surface area contributed by atoms with Gasteiger partial charge in [-0.25, -0.2) is 4.79 Å². The molecule has 0 atom stereocenters. The predicted octanol–water partition coefficient (Wildman–Crippen LogP) is 5.76. The minimum atomic E-state index is -0.476. The summed E-state index contributed by atoms with van der Waals surface area (Å²) < 4.78 is 17.1. The monoisotopic (exact) mass is 417 g/mol. The van der Waals surface area contributed by atoms with Crippen molar-refractivity contribution in [2.75, 3.05) is 6.61 Å². The van der Waals surface area contributed by atoms with Crippen molar-refractivity contribution in [1.82, 2.24) is 0 Å². The number of esters is 1. The molecule has 0 aliphatic rings. The van der Waals surface area contributed by atoms with E-state index in [4.69, 9.17) is 13.9 Å². The topological polar surface area (TPSA) is 91.8 Å². The van der Waals surface area contributed by atoms with E-state index in [9.17, 15) is 14.9 Å². The lowest BCUT2D eigenvalue weighted by atomic mass is 10.1. The van der Waals surface area contributed by atoms with Crippen LogP contribution in [0.3, 0.4) is 0 Å². The van der Waals surface area contributed by atoms with Crippen molar-refractivity contribution < 1.29 is 23.6 Å². The molecule has 156 valence electrons. The van der Waals surface area contributed by atoms with Crippen LogP contribution in [-0.2, 0) is 11.3 Å². The second-order valence-electron chi connectivity index (χ2n) is 6.77. The van der Waals surface area contributed by atoms with Crippen molar-refractivity contribution in [1.29, 1.82) is 0 Å². The van der Waals surface area contributed by atoms with Crippen molar-refractivity contribution in [3.05, 3.63) is 94.0 Å². The van der Waals surface area contributed by atoms with E-state index in [-0.39, 0.29) is 18.9 Å². The number of hydrogen-bond acceptors (Lipinski definition) is 6. The molecule has 0 saturated carbocycles. The average molecular weight is 417 g/mol. The number of nitro groups is 1. The summed E-state index contributed by atoms with van der Waals surface area (Å²) in [6.07, 6.45) is 0. The molecule has 0 N–H and O–H groups in total. The molecule has 0 aliphatic carbocycles. The van der Waals surface area contributed by atoms with Crippen LogP contribution in [0.5, 0.6) is 5.75 Å². The van der Waals surface area contributed by atoms with Crippen LogP contribution in [0.15, 0.2) is 77.2 Å². The van der Waals surface area contributed by atoms with Crippen molar-refractivity contribution in [2.24, 2.45) is 0 Å². The molecule has 31 heavy (non-hydrogen) atoms. The van der Waals surface area contributed by atoms with Gasteiger partial charge in [-0.1, -0.05) is 42.5 Å². The summed E-state index contributed by atoms with van der Waals surface area (Å²) >= 11 is 0. The van der Waals surface area contributed by atoms with Crippen molar-refractivity contribution in [3.8, 4) is 17.1 Å². The second-order valence-corrected chi connectivity index (χ2v) is 6.77. The quantitative estimate of drug-likeness (QED) is 0.216. The van der Waals surface area contributed by atoms with Gasteiger partial charge in [0.1, 0.15) is 29.3 Å². The van der Waals surface area contributed by atoms with Crippen LogP contribution in [0.2, 0.25) is 0 Å². The molecular weight excluding hydrogens is 398 g/mol. The predicted molar refractivity (Wildman–Crippen MR) is 115 cm³/mol. The van der Waals surface area contributed by atoms with Gasteiger partial charge in [-0.15, -0.1) is 0 Å². The van der Waals surface area contributed by atoms with Crippen LogP contribution >= 0.6 is 0 Å². The summed E-state index contributed by atoms with van der Waals surface area (Å²) in [5, 5.41) is 11.5. The van der Waals surface area contributed by atoms with Crippen LogP contribution in [0, 0.1) is 10.1 Å². The standard InChI is InChI=1S/C24H19NO6/c1-2-29-24(26)22-20-14-19(30-15-16-7-6-10-18(13-16)25(27)28)11-12-21(20)31-23(22)17-8-4-3-5-9-17/h3-14H,2,15H2,1H3. The molecule has 0 radical (unpaired) electrons. The zero-order chi connectivity index (χ0) is 21.8. The Morgan fingerprint density at radius 2 is 1.84 bits per heavy atom. The molecule has 7 heteroatoms. The first kappa shape index (κ1) is 20.2. The van der Waals surface area contributed by atoms with Gasteiger partial charge in [-0.2, -0.15) is 0 Å². The number of non-ortho nitro benzene ring substituents is 1. The smallest absolute Gasteiger partial charge is 0.342 e. The number of nitro benzene ring substituents is 1. The van der Waals surface area contributed by atoms with Gasteiger partial charge in [0.2, 0.25) is 0 Å².